The summed E-state index contributed by atoms with van der Waals surface area (Å²) in [6.07, 6.45) is 2.36. The molecule has 4 aromatic rings. The van der Waals surface area contributed by atoms with Crippen LogP contribution in [0.25, 0.3) is 11.0 Å². The van der Waals surface area contributed by atoms with Crippen LogP contribution >= 0.6 is 0 Å². The summed E-state index contributed by atoms with van der Waals surface area (Å²) in [5, 5.41) is 11.3. The van der Waals surface area contributed by atoms with Crippen LogP contribution in [0.2, 0.25) is 0 Å². The van der Waals surface area contributed by atoms with Crippen molar-refractivity contribution in [3.63, 3.8) is 0 Å². The lowest BCUT2D eigenvalue weighted by Gasteiger charge is -2.30. The molecular weight excluding hydrogens is 442 g/mol. The monoisotopic (exact) mass is 473 g/mol. The first-order chi connectivity index (χ1) is 16.9. The highest BCUT2D eigenvalue weighted by molar-refractivity contribution is 5.88. The topological polar surface area (TPSA) is 93.3 Å². The maximum atomic E-state index is 13.8. The second-order valence-electron chi connectivity index (χ2n) is 9.13. The van der Waals surface area contributed by atoms with Gasteiger partial charge in [0.25, 0.3) is 5.91 Å². The lowest BCUT2D eigenvalue weighted by Crippen LogP contribution is -2.44. The van der Waals surface area contributed by atoms with Crippen molar-refractivity contribution in [3.05, 3.63) is 83.8 Å². The fourth-order valence-electron chi connectivity index (χ4n) is 3.92. The Morgan fingerprint density at radius 3 is 2.54 bits per heavy atom. The molecule has 0 saturated heterocycles. The number of carbonyl (C=O) groups is 2. The highest BCUT2D eigenvalue weighted by atomic mass is 16.3. The molecule has 0 saturated carbocycles. The van der Waals surface area contributed by atoms with Gasteiger partial charge >= 0.3 is 0 Å². The minimum Gasteiger partial charge on any atom is -0.467 e. The first kappa shape index (κ1) is 24.2. The Kier molecular flexibility index (Phi) is 7.60. The molecule has 0 aliphatic rings. The van der Waals surface area contributed by atoms with Gasteiger partial charge in [-0.25, -0.2) is 4.68 Å². The van der Waals surface area contributed by atoms with E-state index >= 15 is 0 Å². The van der Waals surface area contributed by atoms with Gasteiger partial charge in [0.1, 0.15) is 17.8 Å². The van der Waals surface area contributed by atoms with Gasteiger partial charge < -0.3 is 14.6 Å². The molecule has 0 radical (unpaired) electrons. The Labute approximate surface area is 204 Å². The van der Waals surface area contributed by atoms with E-state index in [4.69, 9.17) is 4.42 Å². The Morgan fingerprint density at radius 2 is 1.83 bits per heavy atom. The average Bonchev–Trinajstić information content (AvgIpc) is 3.50. The summed E-state index contributed by atoms with van der Waals surface area (Å²) in [5.41, 5.74) is 3.50. The second kappa shape index (κ2) is 11.0. The molecule has 182 valence electrons. The van der Waals surface area contributed by atoms with E-state index in [2.05, 4.69) is 29.5 Å². The van der Waals surface area contributed by atoms with Crippen LogP contribution in [0.4, 0.5) is 0 Å². The van der Waals surface area contributed by atoms with E-state index in [9.17, 15) is 9.59 Å². The van der Waals surface area contributed by atoms with Crippen LogP contribution in [0.3, 0.4) is 0 Å². The predicted molar refractivity (Wildman–Crippen MR) is 133 cm³/mol. The molecule has 2 heterocycles. The zero-order valence-corrected chi connectivity index (χ0v) is 20.3. The molecular formula is C27H31N5O3. The van der Waals surface area contributed by atoms with Gasteiger partial charge in [0, 0.05) is 13.1 Å². The highest BCUT2D eigenvalue weighted by Crippen LogP contribution is 2.25. The molecule has 35 heavy (non-hydrogen) atoms. The zero-order chi connectivity index (χ0) is 24.8. The zero-order valence-electron chi connectivity index (χ0n) is 20.3. The summed E-state index contributed by atoms with van der Waals surface area (Å²) in [5.74, 6) is 0.324. The van der Waals surface area contributed by atoms with E-state index < -0.39 is 6.04 Å². The van der Waals surface area contributed by atoms with Crippen LogP contribution in [0, 0.1) is 12.8 Å². The van der Waals surface area contributed by atoms with Crippen molar-refractivity contribution in [2.24, 2.45) is 5.92 Å². The average molecular weight is 474 g/mol. The number of amides is 2. The van der Waals surface area contributed by atoms with Gasteiger partial charge in [-0.1, -0.05) is 61.0 Å². The molecule has 0 aliphatic heterocycles. The van der Waals surface area contributed by atoms with Crippen molar-refractivity contribution in [2.45, 2.75) is 46.3 Å². The lowest BCUT2D eigenvalue weighted by molar-refractivity contribution is -0.143. The van der Waals surface area contributed by atoms with Gasteiger partial charge in [0.2, 0.25) is 5.91 Å². The molecule has 0 spiro atoms. The molecule has 0 aliphatic carbocycles. The third kappa shape index (κ3) is 5.95. The van der Waals surface area contributed by atoms with E-state index in [0.29, 0.717) is 23.7 Å². The van der Waals surface area contributed by atoms with Crippen molar-refractivity contribution < 1.29 is 14.0 Å². The minimum absolute atomic E-state index is 0.0527. The molecule has 4 rings (SSSR count). The smallest absolute Gasteiger partial charge is 0.250 e. The minimum atomic E-state index is -0.916. The van der Waals surface area contributed by atoms with Crippen molar-refractivity contribution in [2.75, 3.05) is 6.54 Å². The Morgan fingerprint density at radius 1 is 1.06 bits per heavy atom. The SMILES string of the molecule is Cc1ccc(CN(C(=O)Cn2nnc3ccccc32)C(C(=O)NCCC(C)C)c2ccco2)cc1. The van der Waals surface area contributed by atoms with E-state index in [0.717, 1.165) is 23.1 Å². The number of hydrogen-bond donors (Lipinski definition) is 1. The van der Waals surface area contributed by atoms with Crippen LogP contribution in [-0.4, -0.2) is 38.3 Å². The van der Waals surface area contributed by atoms with E-state index in [-0.39, 0.29) is 24.9 Å². The standard InChI is InChI=1S/C27H31N5O3/c1-19(2)14-15-28-27(34)26(24-9-6-16-35-24)31(17-21-12-10-20(3)11-13-21)25(33)18-32-23-8-5-4-7-22(23)29-30-32/h4-13,16,19,26H,14-15,17-18H2,1-3H3,(H,28,34). The quantitative estimate of drug-likeness (QED) is 0.371. The maximum Gasteiger partial charge on any atom is 0.250 e. The Balaban J connectivity index is 1.66. The summed E-state index contributed by atoms with van der Waals surface area (Å²) < 4.78 is 7.21. The first-order valence-corrected chi connectivity index (χ1v) is 11.9. The van der Waals surface area contributed by atoms with Gasteiger partial charge in [-0.3, -0.25) is 9.59 Å². The Bertz CT molecular complexity index is 1260. The number of carbonyl (C=O) groups excluding carboxylic acids is 2. The van der Waals surface area contributed by atoms with E-state index in [1.54, 1.807) is 21.7 Å². The molecule has 0 fully saturated rings. The molecule has 8 heteroatoms. The summed E-state index contributed by atoms with van der Waals surface area (Å²) in [4.78, 5) is 28.8. The van der Waals surface area contributed by atoms with E-state index in [1.165, 1.54) is 6.26 Å². The number of para-hydroxylation sites is 1. The number of aromatic nitrogens is 3. The third-order valence-electron chi connectivity index (χ3n) is 5.89. The molecule has 2 aromatic carbocycles. The number of rotatable bonds is 10. The largest absolute Gasteiger partial charge is 0.467 e. The van der Waals surface area contributed by atoms with Crippen LogP contribution in [-0.2, 0) is 22.7 Å². The first-order valence-electron chi connectivity index (χ1n) is 11.9. The lowest BCUT2D eigenvalue weighted by atomic mass is 10.1. The van der Waals surface area contributed by atoms with Crippen LogP contribution in [0.15, 0.2) is 71.3 Å². The summed E-state index contributed by atoms with van der Waals surface area (Å²) >= 11 is 0. The molecule has 2 aromatic heterocycles. The third-order valence-corrected chi connectivity index (χ3v) is 5.89. The molecule has 2 amide bonds. The fourth-order valence-corrected chi connectivity index (χ4v) is 3.92. The van der Waals surface area contributed by atoms with Crippen molar-refractivity contribution in [3.8, 4) is 0 Å². The van der Waals surface area contributed by atoms with Crippen LogP contribution < -0.4 is 5.32 Å². The predicted octanol–water partition coefficient (Wildman–Crippen LogP) is 4.27. The normalized spacial score (nSPS) is 12.1. The van der Waals surface area contributed by atoms with Crippen LogP contribution in [0.5, 0.6) is 0 Å². The summed E-state index contributed by atoms with van der Waals surface area (Å²) in [6.45, 7) is 6.93. The summed E-state index contributed by atoms with van der Waals surface area (Å²) in [7, 11) is 0. The van der Waals surface area contributed by atoms with Gasteiger partial charge in [0.15, 0.2) is 6.04 Å². The number of aryl methyl sites for hydroxylation is 1. The maximum absolute atomic E-state index is 13.8. The molecule has 8 nitrogen and oxygen atoms in total. The van der Waals surface area contributed by atoms with Crippen LogP contribution in [0.1, 0.15) is 43.2 Å². The second-order valence-corrected chi connectivity index (χ2v) is 9.13. The number of hydrogen-bond acceptors (Lipinski definition) is 5. The molecule has 1 atom stereocenters. The Hall–Kier alpha value is -3.94. The van der Waals surface area contributed by atoms with Gasteiger partial charge in [-0.05, 0) is 49.1 Å². The number of nitrogens with zero attached hydrogens (tertiary/aromatic N) is 4. The number of furan rings is 1. The molecule has 1 N–H and O–H groups in total. The fraction of sp³-hybridized carbons (Fsp3) is 0.333. The number of fused-ring (bicyclic) bond motifs is 1. The van der Waals surface area contributed by atoms with Gasteiger partial charge in [-0.15, -0.1) is 5.10 Å². The van der Waals surface area contributed by atoms with Gasteiger partial charge in [-0.2, -0.15) is 0 Å². The molecule has 0 bridgehead atoms. The highest BCUT2D eigenvalue weighted by Gasteiger charge is 2.34. The van der Waals surface area contributed by atoms with Gasteiger partial charge in [0.05, 0.1) is 11.8 Å². The molecule has 1 unspecified atom stereocenters. The van der Waals surface area contributed by atoms with E-state index in [1.807, 2.05) is 55.5 Å². The summed E-state index contributed by atoms with van der Waals surface area (Å²) in [6, 6.07) is 17.9. The number of nitrogens with one attached hydrogen (secondary N) is 1. The number of benzene rings is 2. The van der Waals surface area contributed by atoms with Crippen molar-refractivity contribution in [1.82, 2.24) is 25.2 Å². The van der Waals surface area contributed by atoms with Crippen molar-refractivity contribution >= 4 is 22.8 Å². The van der Waals surface area contributed by atoms with Crippen molar-refractivity contribution in [1.29, 1.82) is 0 Å².